The van der Waals surface area contributed by atoms with Gasteiger partial charge >= 0.3 is 5.97 Å². The topological polar surface area (TPSA) is 83.7 Å². The van der Waals surface area contributed by atoms with Crippen LogP contribution in [0.2, 0.25) is 0 Å². The molecule has 0 radical (unpaired) electrons. The van der Waals surface area contributed by atoms with Gasteiger partial charge in [-0.2, -0.15) is 0 Å². The average Bonchev–Trinajstić information content (AvgIpc) is 2.72. The fourth-order valence-electron chi connectivity index (χ4n) is 1.95. The smallest absolute Gasteiger partial charge is 0.303 e. The van der Waals surface area contributed by atoms with Crippen molar-refractivity contribution < 1.29 is 19.1 Å². The standard InChI is InChI=1S/C13H14FN3O3/c1-8-11(13(20)15-6-2-5-10(18)19)17-7-3-4-9(14)12(17)16-8/h3-4,7H,2,5-6H2,1H3,(H,15,20)(H,18,19). The Morgan fingerprint density at radius 3 is 2.95 bits per heavy atom. The third-order valence-electron chi connectivity index (χ3n) is 2.84. The molecule has 2 rings (SSSR count). The highest BCUT2D eigenvalue weighted by atomic mass is 19.1. The molecule has 106 valence electrons. The van der Waals surface area contributed by atoms with Gasteiger partial charge in [-0.15, -0.1) is 0 Å². The van der Waals surface area contributed by atoms with E-state index in [1.807, 2.05) is 0 Å². The van der Waals surface area contributed by atoms with Crippen LogP contribution in [-0.2, 0) is 4.79 Å². The predicted octanol–water partition coefficient (Wildman–Crippen LogP) is 1.38. The molecule has 0 aromatic carbocycles. The van der Waals surface area contributed by atoms with E-state index in [0.29, 0.717) is 12.1 Å². The number of aliphatic carboxylic acids is 1. The maximum absolute atomic E-state index is 13.6. The van der Waals surface area contributed by atoms with E-state index in [4.69, 9.17) is 5.11 Å². The third-order valence-corrected chi connectivity index (χ3v) is 2.84. The summed E-state index contributed by atoms with van der Waals surface area (Å²) in [6.45, 7) is 1.87. The molecular formula is C13H14FN3O3. The number of nitrogens with zero attached hydrogens (tertiary/aromatic N) is 2. The van der Waals surface area contributed by atoms with E-state index in [9.17, 15) is 14.0 Å². The van der Waals surface area contributed by atoms with Crippen LogP contribution in [0.15, 0.2) is 18.3 Å². The second-order valence-corrected chi connectivity index (χ2v) is 4.35. The van der Waals surface area contributed by atoms with Gasteiger partial charge in [0.15, 0.2) is 11.5 Å². The van der Waals surface area contributed by atoms with Gasteiger partial charge in [0.05, 0.1) is 5.69 Å². The molecular weight excluding hydrogens is 265 g/mol. The molecule has 2 N–H and O–H groups in total. The number of amides is 1. The molecule has 7 heteroatoms. The maximum atomic E-state index is 13.6. The molecule has 6 nitrogen and oxygen atoms in total. The summed E-state index contributed by atoms with van der Waals surface area (Å²) in [5.41, 5.74) is 0.779. The van der Waals surface area contributed by atoms with Gasteiger partial charge in [0.25, 0.3) is 5.91 Å². The molecule has 0 saturated carbocycles. The van der Waals surface area contributed by atoms with E-state index < -0.39 is 17.7 Å². The van der Waals surface area contributed by atoms with Crippen LogP contribution in [0.1, 0.15) is 29.0 Å². The maximum Gasteiger partial charge on any atom is 0.303 e. The van der Waals surface area contributed by atoms with Gasteiger partial charge in [-0.05, 0) is 25.5 Å². The van der Waals surface area contributed by atoms with Crippen molar-refractivity contribution in [3.05, 3.63) is 35.5 Å². The molecule has 20 heavy (non-hydrogen) atoms. The van der Waals surface area contributed by atoms with E-state index in [2.05, 4.69) is 10.3 Å². The van der Waals surface area contributed by atoms with Crippen LogP contribution >= 0.6 is 0 Å². The largest absolute Gasteiger partial charge is 0.481 e. The van der Waals surface area contributed by atoms with Crippen LogP contribution in [-0.4, -0.2) is 32.9 Å². The number of hydrogen-bond donors (Lipinski definition) is 2. The second kappa shape index (κ2) is 5.68. The molecule has 0 spiro atoms. The van der Waals surface area contributed by atoms with Crippen molar-refractivity contribution in [1.82, 2.24) is 14.7 Å². The molecule has 2 aromatic heterocycles. The van der Waals surface area contributed by atoms with E-state index in [0.717, 1.165) is 0 Å². The lowest BCUT2D eigenvalue weighted by Gasteiger charge is -2.05. The molecule has 1 amide bonds. The number of nitrogens with one attached hydrogen (secondary N) is 1. The van der Waals surface area contributed by atoms with Crippen molar-refractivity contribution in [2.24, 2.45) is 0 Å². The first-order chi connectivity index (χ1) is 9.50. The third kappa shape index (κ3) is 2.76. The molecule has 0 fully saturated rings. The van der Waals surface area contributed by atoms with E-state index >= 15 is 0 Å². The minimum absolute atomic E-state index is 0.0129. The summed E-state index contributed by atoms with van der Waals surface area (Å²) in [4.78, 5) is 26.4. The van der Waals surface area contributed by atoms with Crippen LogP contribution in [0, 0.1) is 12.7 Å². The second-order valence-electron chi connectivity index (χ2n) is 4.35. The van der Waals surface area contributed by atoms with Crippen molar-refractivity contribution >= 4 is 17.5 Å². The number of carboxylic acid groups (broad SMARTS) is 1. The van der Waals surface area contributed by atoms with Gasteiger partial charge < -0.3 is 10.4 Å². The zero-order chi connectivity index (χ0) is 14.7. The summed E-state index contributed by atoms with van der Waals surface area (Å²) in [6.07, 6.45) is 1.89. The quantitative estimate of drug-likeness (QED) is 0.810. The monoisotopic (exact) mass is 279 g/mol. The van der Waals surface area contributed by atoms with Crippen molar-refractivity contribution in [3.63, 3.8) is 0 Å². The van der Waals surface area contributed by atoms with Gasteiger partial charge in [-0.3, -0.25) is 14.0 Å². The predicted molar refractivity (Wildman–Crippen MR) is 69.1 cm³/mol. The van der Waals surface area contributed by atoms with Gasteiger partial charge in [-0.25, -0.2) is 9.37 Å². The van der Waals surface area contributed by atoms with Gasteiger partial charge in [0, 0.05) is 19.2 Å². The van der Waals surface area contributed by atoms with Crippen molar-refractivity contribution in [2.75, 3.05) is 6.54 Å². The Hall–Kier alpha value is -2.44. The lowest BCUT2D eigenvalue weighted by atomic mass is 10.3. The zero-order valence-corrected chi connectivity index (χ0v) is 10.9. The molecule has 0 atom stereocenters. The summed E-state index contributed by atoms with van der Waals surface area (Å²) in [5.74, 6) is -1.81. The Labute approximate surface area is 114 Å². The first-order valence-corrected chi connectivity index (χ1v) is 6.14. The van der Waals surface area contributed by atoms with Crippen LogP contribution in [0.3, 0.4) is 0 Å². The molecule has 2 heterocycles. The molecule has 0 aliphatic carbocycles. The first-order valence-electron chi connectivity index (χ1n) is 6.14. The lowest BCUT2D eigenvalue weighted by molar-refractivity contribution is -0.137. The lowest BCUT2D eigenvalue weighted by Crippen LogP contribution is -2.26. The molecule has 0 unspecified atom stereocenters. The number of aryl methyl sites for hydroxylation is 1. The minimum Gasteiger partial charge on any atom is -0.481 e. The number of imidazole rings is 1. The van der Waals surface area contributed by atoms with Crippen LogP contribution < -0.4 is 5.32 Å². The Morgan fingerprint density at radius 2 is 2.25 bits per heavy atom. The highest BCUT2D eigenvalue weighted by Gasteiger charge is 2.17. The zero-order valence-electron chi connectivity index (χ0n) is 10.9. The first kappa shape index (κ1) is 14.0. The Bertz CT molecular complexity index is 666. The number of carbonyl (C=O) groups is 2. The number of carboxylic acids is 1. The van der Waals surface area contributed by atoms with Gasteiger partial charge in [-0.1, -0.05) is 0 Å². The van der Waals surface area contributed by atoms with E-state index in [1.165, 1.54) is 16.5 Å². The number of fused-ring (bicyclic) bond motifs is 1. The average molecular weight is 279 g/mol. The van der Waals surface area contributed by atoms with Gasteiger partial charge in [0.1, 0.15) is 5.69 Å². The van der Waals surface area contributed by atoms with Gasteiger partial charge in [0.2, 0.25) is 0 Å². The SMILES string of the molecule is Cc1nc2c(F)cccn2c1C(=O)NCCCC(=O)O. The number of rotatable bonds is 5. The van der Waals surface area contributed by atoms with Crippen molar-refractivity contribution in [1.29, 1.82) is 0 Å². The van der Waals surface area contributed by atoms with E-state index in [1.54, 1.807) is 13.1 Å². The number of pyridine rings is 1. The van der Waals surface area contributed by atoms with E-state index in [-0.39, 0.29) is 24.3 Å². The highest BCUT2D eigenvalue weighted by Crippen LogP contribution is 2.14. The summed E-state index contributed by atoms with van der Waals surface area (Å²) in [5, 5.41) is 11.1. The van der Waals surface area contributed by atoms with Crippen LogP contribution in [0.4, 0.5) is 4.39 Å². The number of aromatic nitrogens is 2. The summed E-state index contributed by atoms with van der Waals surface area (Å²) in [7, 11) is 0. The Kier molecular flexibility index (Phi) is 3.97. The normalized spacial score (nSPS) is 10.7. The number of carbonyl (C=O) groups excluding carboxylic acids is 1. The summed E-state index contributed by atoms with van der Waals surface area (Å²) >= 11 is 0. The molecule has 0 aliphatic heterocycles. The Balaban J connectivity index is 2.16. The minimum atomic E-state index is -0.910. The van der Waals surface area contributed by atoms with Crippen molar-refractivity contribution in [3.8, 4) is 0 Å². The van der Waals surface area contributed by atoms with Crippen molar-refractivity contribution in [2.45, 2.75) is 19.8 Å². The summed E-state index contributed by atoms with van der Waals surface area (Å²) in [6, 6.07) is 2.76. The Morgan fingerprint density at radius 1 is 1.50 bits per heavy atom. The molecule has 0 bridgehead atoms. The van der Waals surface area contributed by atoms with Crippen LogP contribution in [0.5, 0.6) is 0 Å². The molecule has 2 aromatic rings. The fourth-order valence-corrected chi connectivity index (χ4v) is 1.95. The van der Waals surface area contributed by atoms with Crippen LogP contribution in [0.25, 0.3) is 5.65 Å². The number of halogens is 1. The molecule has 0 aliphatic rings. The number of hydrogen-bond acceptors (Lipinski definition) is 3. The highest BCUT2D eigenvalue weighted by molar-refractivity contribution is 5.94. The summed E-state index contributed by atoms with van der Waals surface area (Å²) < 4.78 is 14.9. The molecule has 0 saturated heterocycles. The fraction of sp³-hybridized carbons (Fsp3) is 0.308.